The van der Waals surface area contributed by atoms with E-state index in [-0.39, 0.29) is 5.41 Å². The third-order valence-corrected chi connectivity index (χ3v) is 4.18. The van der Waals surface area contributed by atoms with Gasteiger partial charge >= 0.3 is 0 Å². The summed E-state index contributed by atoms with van der Waals surface area (Å²) in [7, 11) is 0. The Morgan fingerprint density at radius 2 is 1.76 bits per heavy atom. The molecule has 0 aromatic heterocycles. The molecule has 0 amide bonds. The van der Waals surface area contributed by atoms with Gasteiger partial charge in [-0.05, 0) is 36.1 Å². The third-order valence-electron chi connectivity index (χ3n) is 3.34. The van der Waals surface area contributed by atoms with E-state index in [2.05, 4.69) is 61.8 Å². The highest BCUT2D eigenvalue weighted by Crippen LogP contribution is 2.37. The Labute approximate surface area is 140 Å². The van der Waals surface area contributed by atoms with Gasteiger partial charge in [-0.1, -0.05) is 66.5 Å². The van der Waals surface area contributed by atoms with Crippen LogP contribution in [0.4, 0.5) is 0 Å². The number of hydrogen-bond donors (Lipinski definition) is 0. The van der Waals surface area contributed by atoms with E-state index in [1.54, 1.807) is 0 Å². The van der Waals surface area contributed by atoms with Gasteiger partial charge in [-0.2, -0.15) is 0 Å². The molecule has 0 radical (unpaired) electrons. The summed E-state index contributed by atoms with van der Waals surface area (Å²) in [6, 6.07) is 12.1. The average Bonchev–Trinajstić information content (AvgIpc) is 2.37. The maximum atomic E-state index is 6.21. The van der Waals surface area contributed by atoms with Gasteiger partial charge in [0.2, 0.25) is 0 Å². The lowest BCUT2D eigenvalue weighted by Crippen LogP contribution is -2.12. The molecule has 0 atom stereocenters. The zero-order valence-electron chi connectivity index (χ0n) is 12.8. The van der Waals surface area contributed by atoms with Crippen LogP contribution in [-0.2, 0) is 10.7 Å². The van der Waals surface area contributed by atoms with Crippen molar-refractivity contribution in [3.8, 4) is 11.5 Å². The molecule has 21 heavy (non-hydrogen) atoms. The topological polar surface area (TPSA) is 9.23 Å². The van der Waals surface area contributed by atoms with Crippen LogP contribution in [0.1, 0.15) is 37.5 Å². The first-order valence-corrected chi connectivity index (χ1v) is 8.44. The Hall–Kier alpha value is -0.990. The van der Waals surface area contributed by atoms with Crippen molar-refractivity contribution < 1.29 is 4.74 Å². The van der Waals surface area contributed by atoms with E-state index in [4.69, 9.17) is 16.3 Å². The molecular formula is C18H20BrClO. The molecule has 0 aliphatic rings. The minimum absolute atomic E-state index is 0.0240. The summed E-state index contributed by atoms with van der Waals surface area (Å²) in [6.07, 6.45) is 0. The summed E-state index contributed by atoms with van der Waals surface area (Å²) in [6.45, 7) is 8.64. The predicted octanol–water partition coefficient (Wildman–Crippen LogP) is 6.63. The molecule has 0 aliphatic heterocycles. The first-order chi connectivity index (χ1) is 9.81. The van der Waals surface area contributed by atoms with Gasteiger partial charge in [0.05, 0.1) is 0 Å². The molecule has 0 unspecified atom stereocenters. The fraction of sp³-hybridized carbons (Fsp3) is 0.333. The van der Waals surface area contributed by atoms with E-state index in [9.17, 15) is 0 Å². The van der Waals surface area contributed by atoms with Gasteiger partial charge in [0, 0.05) is 21.5 Å². The molecule has 0 bridgehead atoms. The molecule has 0 aliphatic carbocycles. The molecular weight excluding hydrogens is 348 g/mol. The highest BCUT2D eigenvalue weighted by Gasteiger charge is 2.20. The predicted molar refractivity (Wildman–Crippen MR) is 94.0 cm³/mol. The number of rotatable bonds is 3. The van der Waals surface area contributed by atoms with Crippen molar-refractivity contribution in [3.05, 3.63) is 58.1 Å². The van der Waals surface area contributed by atoms with E-state index in [0.29, 0.717) is 5.02 Å². The van der Waals surface area contributed by atoms with Gasteiger partial charge in [-0.25, -0.2) is 0 Å². The van der Waals surface area contributed by atoms with Gasteiger partial charge in [0.15, 0.2) is 0 Å². The summed E-state index contributed by atoms with van der Waals surface area (Å²) in [5, 5.41) is 1.41. The van der Waals surface area contributed by atoms with E-state index in [1.807, 2.05) is 18.2 Å². The standard InChI is InChI=1S/C18H20BrClO/c1-12-5-8-15(18(2,3)4)17(9-12)21-16-10-14(20)7-6-13(16)11-19/h5-10H,11H2,1-4H3. The Balaban J connectivity index is 2.49. The van der Waals surface area contributed by atoms with Crippen LogP contribution in [0.25, 0.3) is 0 Å². The van der Waals surface area contributed by atoms with Crippen molar-refractivity contribution in [1.29, 1.82) is 0 Å². The van der Waals surface area contributed by atoms with Crippen LogP contribution in [0.3, 0.4) is 0 Å². The number of halogens is 2. The molecule has 0 heterocycles. The summed E-state index contributed by atoms with van der Waals surface area (Å²) < 4.78 is 6.21. The second-order valence-corrected chi connectivity index (χ2v) is 7.23. The lowest BCUT2D eigenvalue weighted by atomic mass is 9.86. The highest BCUT2D eigenvalue weighted by atomic mass is 79.9. The number of ether oxygens (including phenoxy) is 1. The first-order valence-electron chi connectivity index (χ1n) is 6.94. The smallest absolute Gasteiger partial charge is 0.132 e. The second kappa shape index (κ2) is 6.41. The molecule has 0 N–H and O–H groups in total. The third kappa shape index (κ3) is 4.02. The van der Waals surface area contributed by atoms with Gasteiger partial charge in [0.25, 0.3) is 0 Å². The Kier molecular flexibility index (Phi) is 5.00. The number of aryl methyl sites for hydroxylation is 1. The summed E-state index contributed by atoms with van der Waals surface area (Å²) in [5.41, 5.74) is 3.48. The number of alkyl halides is 1. The Morgan fingerprint density at radius 1 is 1.05 bits per heavy atom. The zero-order chi connectivity index (χ0) is 15.6. The van der Waals surface area contributed by atoms with Crippen molar-refractivity contribution >= 4 is 27.5 Å². The molecule has 2 aromatic carbocycles. The van der Waals surface area contributed by atoms with Crippen molar-refractivity contribution in [2.45, 2.75) is 38.4 Å². The summed E-state index contributed by atoms with van der Waals surface area (Å²) >= 11 is 9.60. The molecule has 1 nitrogen and oxygen atoms in total. The lowest BCUT2D eigenvalue weighted by molar-refractivity contribution is 0.452. The molecule has 0 fully saturated rings. The molecule has 2 aromatic rings. The first kappa shape index (κ1) is 16.4. The van der Waals surface area contributed by atoms with E-state index >= 15 is 0 Å². The SMILES string of the molecule is Cc1ccc(C(C)(C)C)c(Oc2cc(Cl)ccc2CBr)c1. The molecule has 0 spiro atoms. The van der Waals surface area contributed by atoms with E-state index in [0.717, 1.165) is 22.4 Å². The van der Waals surface area contributed by atoms with Crippen LogP contribution in [0, 0.1) is 6.92 Å². The highest BCUT2D eigenvalue weighted by molar-refractivity contribution is 9.08. The van der Waals surface area contributed by atoms with Crippen molar-refractivity contribution in [3.63, 3.8) is 0 Å². The maximum absolute atomic E-state index is 6.21. The number of benzene rings is 2. The van der Waals surface area contributed by atoms with Crippen LogP contribution in [0.2, 0.25) is 5.02 Å². The van der Waals surface area contributed by atoms with Gasteiger partial charge < -0.3 is 4.74 Å². The monoisotopic (exact) mass is 366 g/mol. The largest absolute Gasteiger partial charge is 0.457 e. The van der Waals surface area contributed by atoms with Crippen LogP contribution in [0.15, 0.2) is 36.4 Å². The minimum Gasteiger partial charge on any atom is -0.457 e. The van der Waals surface area contributed by atoms with Crippen LogP contribution in [0.5, 0.6) is 11.5 Å². The van der Waals surface area contributed by atoms with E-state index in [1.165, 1.54) is 11.1 Å². The molecule has 2 rings (SSSR count). The average molecular weight is 368 g/mol. The van der Waals surface area contributed by atoms with Crippen LogP contribution >= 0.6 is 27.5 Å². The Morgan fingerprint density at radius 3 is 2.38 bits per heavy atom. The fourth-order valence-corrected chi connectivity index (χ4v) is 2.81. The molecule has 0 saturated heterocycles. The zero-order valence-corrected chi connectivity index (χ0v) is 15.2. The molecule has 3 heteroatoms. The van der Waals surface area contributed by atoms with Crippen LogP contribution in [-0.4, -0.2) is 0 Å². The van der Waals surface area contributed by atoms with Crippen molar-refractivity contribution in [2.24, 2.45) is 0 Å². The lowest BCUT2D eigenvalue weighted by Gasteiger charge is -2.23. The van der Waals surface area contributed by atoms with Crippen LogP contribution < -0.4 is 4.74 Å². The number of hydrogen-bond acceptors (Lipinski definition) is 1. The normalized spacial score (nSPS) is 11.5. The van der Waals surface area contributed by atoms with Gasteiger partial charge in [-0.15, -0.1) is 0 Å². The molecule has 112 valence electrons. The Bertz CT molecular complexity index is 644. The van der Waals surface area contributed by atoms with Crippen molar-refractivity contribution in [2.75, 3.05) is 0 Å². The maximum Gasteiger partial charge on any atom is 0.132 e. The van der Waals surface area contributed by atoms with Crippen molar-refractivity contribution in [1.82, 2.24) is 0 Å². The fourth-order valence-electron chi connectivity index (χ4n) is 2.19. The van der Waals surface area contributed by atoms with Gasteiger partial charge in [-0.3, -0.25) is 0 Å². The second-order valence-electron chi connectivity index (χ2n) is 6.24. The summed E-state index contributed by atoms with van der Waals surface area (Å²) in [4.78, 5) is 0. The quantitative estimate of drug-likeness (QED) is 0.553. The van der Waals surface area contributed by atoms with E-state index < -0.39 is 0 Å². The minimum atomic E-state index is 0.0240. The molecule has 0 saturated carbocycles. The summed E-state index contributed by atoms with van der Waals surface area (Å²) in [5.74, 6) is 1.70. The van der Waals surface area contributed by atoms with Gasteiger partial charge in [0.1, 0.15) is 11.5 Å².